The highest BCUT2D eigenvalue weighted by Gasteiger charge is 2.45. The minimum atomic E-state index is -1.15. The Hall–Kier alpha value is -1.71. The molecule has 0 saturated carbocycles. The third-order valence-electron chi connectivity index (χ3n) is 5.35. The van der Waals surface area contributed by atoms with Gasteiger partial charge in [-0.2, -0.15) is 0 Å². The number of imidazole rings is 1. The van der Waals surface area contributed by atoms with Crippen LogP contribution in [0.3, 0.4) is 0 Å². The average molecular weight is 363 g/mol. The van der Waals surface area contributed by atoms with Crippen molar-refractivity contribution >= 4 is 17.0 Å². The molecule has 2 aliphatic rings. The molecule has 1 aromatic heterocycles. The van der Waals surface area contributed by atoms with Crippen LogP contribution in [0.4, 0.5) is 5.95 Å². The van der Waals surface area contributed by atoms with E-state index in [0.717, 1.165) is 22.2 Å². The standard InChI is InChI=1S/C18H25N3O5/c1-10-7-12-13(8-11(10)2)21(17-16(24)15(23)14(9-22)26-17)18(19-12)20-3-5-25-6-4-20/h7-8,14-17,22-24H,3-6,9H2,1-2H3/t14-,15+,16+,17+/m0/s1. The molecule has 0 bridgehead atoms. The number of morpholine rings is 1. The monoisotopic (exact) mass is 363 g/mol. The quantitative estimate of drug-likeness (QED) is 0.711. The van der Waals surface area contributed by atoms with E-state index in [4.69, 9.17) is 14.5 Å². The number of aromatic nitrogens is 2. The van der Waals surface area contributed by atoms with Crippen molar-refractivity contribution in [1.82, 2.24) is 9.55 Å². The van der Waals surface area contributed by atoms with E-state index in [1.165, 1.54) is 0 Å². The first-order valence-electron chi connectivity index (χ1n) is 8.95. The van der Waals surface area contributed by atoms with Crippen LogP contribution in [-0.4, -0.2) is 76.1 Å². The molecule has 0 spiro atoms. The molecule has 142 valence electrons. The Bertz CT molecular complexity index is 802. The molecule has 8 heteroatoms. The summed E-state index contributed by atoms with van der Waals surface area (Å²) < 4.78 is 13.1. The van der Waals surface area contributed by atoms with Crippen LogP contribution in [0.15, 0.2) is 12.1 Å². The number of aliphatic hydroxyl groups excluding tert-OH is 3. The molecule has 2 aromatic rings. The fourth-order valence-electron chi connectivity index (χ4n) is 3.67. The van der Waals surface area contributed by atoms with Crippen molar-refractivity contribution in [2.75, 3.05) is 37.8 Å². The number of aryl methyl sites for hydroxylation is 2. The highest BCUT2D eigenvalue weighted by Crippen LogP contribution is 2.37. The first-order chi connectivity index (χ1) is 12.5. The molecule has 8 nitrogen and oxygen atoms in total. The molecule has 26 heavy (non-hydrogen) atoms. The molecular weight excluding hydrogens is 338 g/mol. The van der Waals surface area contributed by atoms with Gasteiger partial charge in [0.2, 0.25) is 5.95 Å². The number of rotatable bonds is 3. The maximum Gasteiger partial charge on any atom is 0.208 e. The Morgan fingerprint density at radius 3 is 2.46 bits per heavy atom. The topological polar surface area (TPSA) is 100 Å². The van der Waals surface area contributed by atoms with E-state index < -0.39 is 24.5 Å². The summed E-state index contributed by atoms with van der Waals surface area (Å²) in [5.74, 6) is 0.683. The Balaban J connectivity index is 1.86. The summed E-state index contributed by atoms with van der Waals surface area (Å²) in [6.07, 6.45) is -3.93. The normalized spacial score (nSPS) is 29.7. The van der Waals surface area contributed by atoms with Gasteiger partial charge < -0.3 is 29.7 Å². The number of hydrogen-bond donors (Lipinski definition) is 3. The highest BCUT2D eigenvalue weighted by atomic mass is 16.6. The fraction of sp³-hybridized carbons (Fsp3) is 0.611. The lowest BCUT2D eigenvalue weighted by Gasteiger charge is -2.30. The SMILES string of the molecule is Cc1cc2nc(N3CCOCC3)n([C@@H]3O[C@@H](CO)[C@@H](O)[C@H]3O)c2cc1C. The van der Waals surface area contributed by atoms with Gasteiger partial charge in [-0.15, -0.1) is 0 Å². The number of fused-ring (bicyclic) bond motifs is 1. The maximum atomic E-state index is 10.6. The van der Waals surface area contributed by atoms with Gasteiger partial charge >= 0.3 is 0 Å². The number of benzene rings is 1. The Kier molecular flexibility index (Phi) is 4.62. The van der Waals surface area contributed by atoms with E-state index in [-0.39, 0.29) is 6.61 Å². The van der Waals surface area contributed by atoms with Crippen molar-refractivity contribution in [1.29, 1.82) is 0 Å². The zero-order valence-corrected chi connectivity index (χ0v) is 15.0. The molecule has 1 aromatic carbocycles. The molecular formula is C18H25N3O5. The molecule has 2 fully saturated rings. The van der Waals surface area contributed by atoms with Gasteiger partial charge in [0.25, 0.3) is 0 Å². The second kappa shape index (κ2) is 6.79. The summed E-state index contributed by atoms with van der Waals surface area (Å²) in [5, 5.41) is 30.2. The van der Waals surface area contributed by atoms with Crippen LogP contribution in [0.2, 0.25) is 0 Å². The van der Waals surface area contributed by atoms with Crippen molar-refractivity contribution in [2.45, 2.75) is 38.4 Å². The zero-order valence-electron chi connectivity index (χ0n) is 15.0. The smallest absolute Gasteiger partial charge is 0.208 e. The van der Waals surface area contributed by atoms with Crippen LogP contribution in [0, 0.1) is 13.8 Å². The van der Waals surface area contributed by atoms with Crippen molar-refractivity contribution in [3.63, 3.8) is 0 Å². The van der Waals surface area contributed by atoms with Gasteiger partial charge in [-0.1, -0.05) is 0 Å². The highest BCUT2D eigenvalue weighted by molar-refractivity contribution is 5.81. The van der Waals surface area contributed by atoms with Gasteiger partial charge in [-0.05, 0) is 37.1 Å². The second-order valence-electron chi connectivity index (χ2n) is 7.04. The molecule has 4 atom stereocenters. The number of aliphatic hydroxyl groups is 3. The maximum absolute atomic E-state index is 10.6. The summed E-state index contributed by atoms with van der Waals surface area (Å²) in [4.78, 5) is 6.89. The molecule has 0 aliphatic carbocycles. The summed E-state index contributed by atoms with van der Waals surface area (Å²) >= 11 is 0. The van der Waals surface area contributed by atoms with Crippen molar-refractivity contribution < 1.29 is 24.8 Å². The zero-order chi connectivity index (χ0) is 18.4. The van der Waals surface area contributed by atoms with Crippen LogP contribution < -0.4 is 4.90 Å². The van der Waals surface area contributed by atoms with Crippen LogP contribution in [0.5, 0.6) is 0 Å². The van der Waals surface area contributed by atoms with E-state index in [1.54, 1.807) is 0 Å². The predicted octanol–water partition coefficient (Wildman–Crippen LogP) is 0.101. The van der Waals surface area contributed by atoms with Crippen LogP contribution in [-0.2, 0) is 9.47 Å². The average Bonchev–Trinajstić information content (AvgIpc) is 3.14. The van der Waals surface area contributed by atoms with Gasteiger partial charge in [0, 0.05) is 13.1 Å². The lowest BCUT2D eigenvalue weighted by molar-refractivity contribution is -0.0504. The first-order valence-corrected chi connectivity index (χ1v) is 8.95. The number of nitrogens with zero attached hydrogens (tertiary/aromatic N) is 3. The first kappa shape index (κ1) is 17.7. The molecule has 0 radical (unpaired) electrons. The van der Waals surface area contributed by atoms with E-state index in [2.05, 4.69) is 4.90 Å². The van der Waals surface area contributed by atoms with Gasteiger partial charge in [0.15, 0.2) is 6.23 Å². The number of ether oxygens (including phenoxy) is 2. The van der Waals surface area contributed by atoms with Crippen molar-refractivity contribution in [2.24, 2.45) is 0 Å². The Morgan fingerprint density at radius 2 is 1.81 bits per heavy atom. The Labute approximate surface area is 151 Å². The van der Waals surface area contributed by atoms with Gasteiger partial charge in [0.05, 0.1) is 30.9 Å². The van der Waals surface area contributed by atoms with E-state index >= 15 is 0 Å². The van der Waals surface area contributed by atoms with Crippen LogP contribution >= 0.6 is 0 Å². The molecule has 0 amide bonds. The lowest BCUT2D eigenvalue weighted by atomic mass is 10.1. The molecule has 3 heterocycles. The summed E-state index contributed by atoms with van der Waals surface area (Å²) in [5.41, 5.74) is 3.90. The third-order valence-corrected chi connectivity index (χ3v) is 5.35. The number of anilines is 1. The van der Waals surface area contributed by atoms with Crippen molar-refractivity contribution in [3.8, 4) is 0 Å². The lowest BCUT2D eigenvalue weighted by Crippen LogP contribution is -2.39. The fourth-order valence-corrected chi connectivity index (χ4v) is 3.67. The molecule has 4 rings (SSSR count). The predicted molar refractivity (Wildman–Crippen MR) is 95.2 cm³/mol. The second-order valence-corrected chi connectivity index (χ2v) is 7.04. The van der Waals surface area contributed by atoms with E-state index in [0.29, 0.717) is 32.3 Å². The van der Waals surface area contributed by atoms with Gasteiger partial charge in [-0.3, -0.25) is 4.57 Å². The Morgan fingerprint density at radius 1 is 1.12 bits per heavy atom. The van der Waals surface area contributed by atoms with Crippen LogP contribution in [0.25, 0.3) is 11.0 Å². The summed E-state index contributed by atoms with van der Waals surface area (Å²) in [7, 11) is 0. The van der Waals surface area contributed by atoms with Crippen LogP contribution in [0.1, 0.15) is 17.4 Å². The minimum Gasteiger partial charge on any atom is -0.394 e. The molecule has 2 aliphatic heterocycles. The molecule has 2 saturated heterocycles. The largest absolute Gasteiger partial charge is 0.394 e. The van der Waals surface area contributed by atoms with Gasteiger partial charge in [0.1, 0.15) is 18.3 Å². The summed E-state index contributed by atoms with van der Waals surface area (Å²) in [6, 6.07) is 4.04. The minimum absolute atomic E-state index is 0.355. The van der Waals surface area contributed by atoms with Crippen molar-refractivity contribution in [3.05, 3.63) is 23.3 Å². The van der Waals surface area contributed by atoms with E-state index in [1.807, 2.05) is 30.5 Å². The number of hydrogen-bond acceptors (Lipinski definition) is 7. The molecule has 3 N–H and O–H groups in total. The van der Waals surface area contributed by atoms with Gasteiger partial charge in [-0.25, -0.2) is 4.98 Å². The molecule has 0 unspecified atom stereocenters. The third kappa shape index (κ3) is 2.78. The summed E-state index contributed by atoms with van der Waals surface area (Å²) in [6.45, 7) is 6.31. The van der Waals surface area contributed by atoms with E-state index in [9.17, 15) is 15.3 Å².